The van der Waals surface area contributed by atoms with Gasteiger partial charge in [0.15, 0.2) is 11.6 Å². The SMILES string of the molecule is c1ccc2c(c1)CCC(c1nc(-c3ccc4ccccc4c3)nc(-c3cc(-n4c5ccccc5c5cc6ccccc6cc54)cc4oc5ccccc5c34)n1)c1ccccc1-2. The number of aromatic nitrogens is 4. The Labute approximate surface area is 351 Å². The van der Waals surface area contributed by atoms with Crippen molar-refractivity contribution in [2.45, 2.75) is 18.8 Å². The Morgan fingerprint density at radius 3 is 2.03 bits per heavy atom. The molecule has 9 aromatic carbocycles. The van der Waals surface area contributed by atoms with E-state index in [1.165, 1.54) is 49.2 Å². The van der Waals surface area contributed by atoms with Crippen LogP contribution in [0.5, 0.6) is 0 Å². The van der Waals surface area contributed by atoms with Crippen LogP contribution in [0.2, 0.25) is 0 Å². The van der Waals surface area contributed by atoms with Gasteiger partial charge in [0.2, 0.25) is 0 Å². The fraction of sp³-hybridized carbons (Fsp3) is 0.0536. The van der Waals surface area contributed by atoms with E-state index in [1.54, 1.807) is 0 Å². The van der Waals surface area contributed by atoms with Crippen LogP contribution >= 0.6 is 0 Å². The summed E-state index contributed by atoms with van der Waals surface area (Å²) in [5.74, 6) is 1.98. The lowest BCUT2D eigenvalue weighted by molar-refractivity contribution is 0.668. The molecule has 61 heavy (non-hydrogen) atoms. The molecule has 1 atom stereocenters. The van der Waals surface area contributed by atoms with Crippen molar-refractivity contribution >= 4 is 65.3 Å². The quantitative estimate of drug-likeness (QED) is 0.178. The first-order valence-corrected chi connectivity index (χ1v) is 21.0. The highest BCUT2D eigenvalue weighted by Gasteiger charge is 2.28. The van der Waals surface area contributed by atoms with Crippen LogP contribution in [0.3, 0.4) is 0 Å². The zero-order chi connectivity index (χ0) is 40.0. The molecule has 13 rings (SSSR count). The second-order valence-corrected chi connectivity index (χ2v) is 16.3. The highest BCUT2D eigenvalue weighted by Crippen LogP contribution is 2.44. The molecule has 0 radical (unpaired) electrons. The second kappa shape index (κ2) is 13.3. The van der Waals surface area contributed by atoms with E-state index in [4.69, 9.17) is 19.4 Å². The lowest BCUT2D eigenvalue weighted by Gasteiger charge is -2.19. The van der Waals surface area contributed by atoms with Gasteiger partial charge in [0.1, 0.15) is 17.0 Å². The predicted molar refractivity (Wildman–Crippen MR) is 249 cm³/mol. The molecule has 0 bridgehead atoms. The number of benzene rings is 9. The minimum Gasteiger partial charge on any atom is -0.456 e. The Morgan fingerprint density at radius 1 is 0.459 bits per heavy atom. The Morgan fingerprint density at radius 2 is 1.15 bits per heavy atom. The molecule has 0 saturated heterocycles. The van der Waals surface area contributed by atoms with Gasteiger partial charge in [-0.2, -0.15) is 0 Å². The molecule has 1 unspecified atom stereocenters. The van der Waals surface area contributed by atoms with Crippen molar-refractivity contribution in [1.29, 1.82) is 0 Å². The third-order valence-corrected chi connectivity index (χ3v) is 12.8. The molecule has 0 spiro atoms. The van der Waals surface area contributed by atoms with Gasteiger partial charge < -0.3 is 8.98 Å². The maximum Gasteiger partial charge on any atom is 0.164 e. The summed E-state index contributed by atoms with van der Waals surface area (Å²) in [6.07, 6.45) is 1.78. The van der Waals surface area contributed by atoms with E-state index < -0.39 is 0 Å². The maximum absolute atomic E-state index is 6.77. The molecule has 0 amide bonds. The van der Waals surface area contributed by atoms with Gasteiger partial charge >= 0.3 is 0 Å². The fourth-order valence-electron chi connectivity index (χ4n) is 9.98. The highest BCUT2D eigenvalue weighted by atomic mass is 16.3. The molecule has 3 aromatic heterocycles. The maximum atomic E-state index is 6.77. The van der Waals surface area contributed by atoms with E-state index in [0.717, 1.165) is 73.8 Å². The van der Waals surface area contributed by atoms with Gasteiger partial charge in [0.25, 0.3) is 0 Å². The summed E-state index contributed by atoms with van der Waals surface area (Å²) in [5, 5.41) is 9.14. The number of hydrogen-bond acceptors (Lipinski definition) is 4. The first-order chi connectivity index (χ1) is 30.2. The molecule has 0 N–H and O–H groups in total. The zero-order valence-electron chi connectivity index (χ0n) is 33.1. The third-order valence-electron chi connectivity index (χ3n) is 12.8. The number of nitrogens with zero attached hydrogens (tertiary/aromatic N) is 4. The highest BCUT2D eigenvalue weighted by molar-refractivity contribution is 6.15. The van der Waals surface area contributed by atoms with Crippen molar-refractivity contribution in [2.75, 3.05) is 0 Å². The number of furan rings is 1. The van der Waals surface area contributed by atoms with Gasteiger partial charge in [-0.05, 0) is 93.0 Å². The lowest BCUT2D eigenvalue weighted by atomic mass is 9.90. The van der Waals surface area contributed by atoms with Crippen LogP contribution in [0.15, 0.2) is 192 Å². The molecule has 0 aliphatic heterocycles. The van der Waals surface area contributed by atoms with Crippen LogP contribution in [0.1, 0.15) is 29.3 Å². The summed E-state index contributed by atoms with van der Waals surface area (Å²) < 4.78 is 9.15. The molecule has 5 heteroatoms. The number of para-hydroxylation sites is 2. The third kappa shape index (κ3) is 5.37. The van der Waals surface area contributed by atoms with Gasteiger partial charge in [0, 0.05) is 44.7 Å². The van der Waals surface area contributed by atoms with Crippen molar-refractivity contribution in [2.24, 2.45) is 0 Å². The fourth-order valence-corrected chi connectivity index (χ4v) is 9.98. The standard InChI is InChI=1S/C56H36N4O/c1-2-15-36-29-39(26-25-34(36)13-1)54-57-55(45-28-27-35-14-5-6-18-41(35)42-19-7-8-20-43(42)45)59-56(58-54)48-32-40(33-52-53(48)46-22-10-12-24-51(46)61-52)60-49-23-11-9-21-44(49)47-30-37-16-3-4-17-38(37)31-50(47)60/h1-26,29-33,45H,27-28H2. The van der Waals surface area contributed by atoms with E-state index >= 15 is 0 Å². The van der Waals surface area contributed by atoms with Gasteiger partial charge in [-0.25, -0.2) is 15.0 Å². The lowest BCUT2D eigenvalue weighted by Crippen LogP contribution is -2.11. The molecule has 1 aliphatic rings. The van der Waals surface area contributed by atoms with Crippen LogP contribution in [0, 0.1) is 0 Å². The van der Waals surface area contributed by atoms with Crippen LogP contribution in [0.4, 0.5) is 0 Å². The van der Waals surface area contributed by atoms with Crippen LogP contribution in [-0.4, -0.2) is 19.5 Å². The van der Waals surface area contributed by atoms with E-state index in [9.17, 15) is 0 Å². The van der Waals surface area contributed by atoms with E-state index in [1.807, 2.05) is 12.1 Å². The average molecular weight is 781 g/mol. The van der Waals surface area contributed by atoms with Crippen molar-refractivity contribution in [3.05, 3.63) is 205 Å². The number of fused-ring (bicyclic) bond motifs is 11. The Balaban J connectivity index is 1.11. The van der Waals surface area contributed by atoms with Crippen molar-refractivity contribution in [3.8, 4) is 39.6 Å². The summed E-state index contributed by atoms with van der Waals surface area (Å²) in [4.78, 5) is 16.4. The Bertz CT molecular complexity index is 3740. The summed E-state index contributed by atoms with van der Waals surface area (Å²) in [6, 6.07) is 67.2. The normalized spacial score (nSPS) is 13.9. The summed E-state index contributed by atoms with van der Waals surface area (Å²) in [5.41, 5.74) is 11.8. The minimum absolute atomic E-state index is 0.0602. The monoisotopic (exact) mass is 780 g/mol. The molecular weight excluding hydrogens is 745 g/mol. The van der Waals surface area contributed by atoms with Crippen LogP contribution in [0.25, 0.3) is 105 Å². The number of rotatable bonds is 4. The second-order valence-electron chi connectivity index (χ2n) is 16.3. The Hall–Kier alpha value is -7.89. The predicted octanol–water partition coefficient (Wildman–Crippen LogP) is 14.3. The summed E-state index contributed by atoms with van der Waals surface area (Å²) in [6.45, 7) is 0. The van der Waals surface area contributed by atoms with Crippen LogP contribution < -0.4 is 0 Å². The molecule has 0 saturated carbocycles. The van der Waals surface area contributed by atoms with Crippen LogP contribution in [-0.2, 0) is 6.42 Å². The summed E-state index contributed by atoms with van der Waals surface area (Å²) >= 11 is 0. The average Bonchev–Trinajstić information content (AvgIpc) is 3.79. The molecule has 1 aliphatic carbocycles. The van der Waals surface area contributed by atoms with Gasteiger partial charge in [-0.1, -0.05) is 146 Å². The number of hydrogen-bond donors (Lipinski definition) is 0. The molecule has 5 nitrogen and oxygen atoms in total. The van der Waals surface area contributed by atoms with Gasteiger partial charge in [-0.15, -0.1) is 0 Å². The number of aryl methyl sites for hydroxylation is 1. The van der Waals surface area contributed by atoms with E-state index in [0.29, 0.717) is 11.6 Å². The largest absolute Gasteiger partial charge is 0.456 e. The zero-order valence-corrected chi connectivity index (χ0v) is 33.1. The van der Waals surface area contributed by atoms with Crippen molar-refractivity contribution in [1.82, 2.24) is 19.5 Å². The molecule has 0 fully saturated rings. The van der Waals surface area contributed by atoms with Gasteiger partial charge in [0.05, 0.1) is 16.7 Å². The van der Waals surface area contributed by atoms with Gasteiger partial charge in [-0.3, -0.25) is 0 Å². The molecule has 3 heterocycles. The van der Waals surface area contributed by atoms with Crippen molar-refractivity contribution in [3.63, 3.8) is 0 Å². The molecule has 286 valence electrons. The Kier molecular flexibility index (Phi) is 7.43. The minimum atomic E-state index is -0.0602. The topological polar surface area (TPSA) is 56.7 Å². The van der Waals surface area contributed by atoms with Crippen molar-refractivity contribution < 1.29 is 4.42 Å². The first kappa shape index (κ1) is 34.0. The smallest absolute Gasteiger partial charge is 0.164 e. The molecule has 12 aromatic rings. The molecular formula is C56H36N4O. The summed E-state index contributed by atoms with van der Waals surface area (Å²) in [7, 11) is 0. The first-order valence-electron chi connectivity index (χ1n) is 21.0. The van der Waals surface area contributed by atoms with E-state index in [2.05, 4.69) is 180 Å². The van der Waals surface area contributed by atoms with E-state index in [-0.39, 0.29) is 5.92 Å².